The summed E-state index contributed by atoms with van der Waals surface area (Å²) in [5.74, 6) is -2.74. The van der Waals surface area contributed by atoms with Gasteiger partial charge in [-0.15, -0.1) is 0 Å². The van der Waals surface area contributed by atoms with Crippen molar-refractivity contribution in [3.63, 3.8) is 0 Å². The maximum Gasteiger partial charge on any atom is 0.268 e. The Morgan fingerprint density at radius 2 is 1.77 bits per heavy atom. The number of aliphatic carboxylic acids is 1. The number of nitrogens with one attached hydrogen (secondary N) is 2. The van der Waals surface area contributed by atoms with Gasteiger partial charge in [-0.2, -0.15) is 0 Å². The number of carboxylic acids is 1. The molecule has 140 valence electrons. The fraction of sp³-hybridized carbons (Fsp3) is 0.389. The van der Waals surface area contributed by atoms with E-state index in [9.17, 15) is 19.5 Å². The van der Waals surface area contributed by atoms with Crippen molar-refractivity contribution >= 4 is 40.3 Å². The number of hydrogen-bond donors (Lipinski definition) is 2. The molecule has 0 bridgehead atoms. The van der Waals surface area contributed by atoms with Crippen LogP contribution in [0.4, 0.5) is 0 Å². The first-order chi connectivity index (χ1) is 12.1. The quantitative estimate of drug-likeness (QED) is 0.777. The van der Waals surface area contributed by atoms with Crippen molar-refractivity contribution in [2.45, 2.75) is 32.9 Å². The molecular formula is C18H21ClN3O4-. The molecule has 1 aromatic heterocycles. The number of halogens is 1. The SMILES string of the molecule is CC(C)[C@H](NC(=O)[C@H](C)NC(=O)c1cc2cc(Cl)ccc2n1C)C(=O)[O-]. The van der Waals surface area contributed by atoms with E-state index in [1.807, 2.05) is 0 Å². The Morgan fingerprint density at radius 1 is 1.12 bits per heavy atom. The summed E-state index contributed by atoms with van der Waals surface area (Å²) in [6.07, 6.45) is 0. The Kier molecular flexibility index (Phi) is 5.92. The molecule has 0 unspecified atom stereocenters. The van der Waals surface area contributed by atoms with Crippen LogP contribution in [0.1, 0.15) is 31.3 Å². The molecular weight excluding hydrogens is 358 g/mol. The number of nitrogens with zero attached hydrogens (tertiary/aromatic N) is 1. The van der Waals surface area contributed by atoms with E-state index < -0.39 is 29.9 Å². The largest absolute Gasteiger partial charge is 0.548 e. The van der Waals surface area contributed by atoms with Crippen LogP contribution < -0.4 is 15.7 Å². The predicted molar refractivity (Wildman–Crippen MR) is 96.6 cm³/mol. The zero-order valence-electron chi connectivity index (χ0n) is 15.0. The minimum atomic E-state index is -1.36. The highest BCUT2D eigenvalue weighted by Crippen LogP contribution is 2.22. The van der Waals surface area contributed by atoms with Crippen LogP contribution in [0.5, 0.6) is 0 Å². The number of rotatable bonds is 6. The molecule has 2 aromatic rings. The second-order valence-corrected chi connectivity index (χ2v) is 6.97. The van der Waals surface area contributed by atoms with Gasteiger partial charge in [0, 0.05) is 23.0 Å². The molecule has 2 atom stereocenters. The average Bonchev–Trinajstić information content (AvgIpc) is 2.87. The molecule has 0 aliphatic carbocycles. The molecule has 26 heavy (non-hydrogen) atoms. The number of aromatic nitrogens is 1. The van der Waals surface area contributed by atoms with Gasteiger partial charge in [-0.3, -0.25) is 9.59 Å². The number of aryl methyl sites for hydroxylation is 1. The average molecular weight is 379 g/mol. The zero-order valence-corrected chi connectivity index (χ0v) is 15.8. The van der Waals surface area contributed by atoms with Crippen LogP contribution in [0.3, 0.4) is 0 Å². The summed E-state index contributed by atoms with van der Waals surface area (Å²) in [5, 5.41) is 17.4. The molecule has 0 aliphatic rings. The summed E-state index contributed by atoms with van der Waals surface area (Å²) in [5.41, 5.74) is 1.19. The monoisotopic (exact) mass is 378 g/mol. The normalized spacial score (nSPS) is 13.5. The Labute approximate surface area is 156 Å². The van der Waals surface area contributed by atoms with Gasteiger partial charge in [0.05, 0.1) is 12.0 Å². The third kappa shape index (κ3) is 4.16. The molecule has 7 nitrogen and oxygen atoms in total. The van der Waals surface area contributed by atoms with Gasteiger partial charge >= 0.3 is 0 Å². The van der Waals surface area contributed by atoms with Crippen molar-refractivity contribution in [1.29, 1.82) is 0 Å². The number of benzene rings is 1. The first kappa shape index (κ1) is 19.8. The molecule has 0 radical (unpaired) electrons. The summed E-state index contributed by atoms with van der Waals surface area (Å²) >= 11 is 5.97. The molecule has 1 aromatic carbocycles. The number of carbonyl (C=O) groups excluding carboxylic acids is 3. The number of carbonyl (C=O) groups is 3. The van der Waals surface area contributed by atoms with E-state index in [2.05, 4.69) is 10.6 Å². The minimum absolute atomic E-state index is 0.338. The van der Waals surface area contributed by atoms with Gasteiger partial charge in [-0.1, -0.05) is 25.4 Å². The Bertz CT molecular complexity index is 859. The third-order valence-electron chi connectivity index (χ3n) is 4.20. The highest BCUT2D eigenvalue weighted by Gasteiger charge is 2.23. The summed E-state index contributed by atoms with van der Waals surface area (Å²) in [7, 11) is 1.74. The number of amides is 2. The highest BCUT2D eigenvalue weighted by molar-refractivity contribution is 6.31. The lowest BCUT2D eigenvalue weighted by molar-refractivity contribution is -0.309. The van der Waals surface area contributed by atoms with Crippen LogP contribution in [-0.4, -0.2) is 34.4 Å². The van der Waals surface area contributed by atoms with E-state index >= 15 is 0 Å². The summed E-state index contributed by atoms with van der Waals surface area (Å²) in [4.78, 5) is 35.8. The van der Waals surface area contributed by atoms with Crippen LogP contribution in [0.2, 0.25) is 5.02 Å². The molecule has 0 saturated heterocycles. The molecule has 2 rings (SSSR count). The molecule has 0 saturated carbocycles. The standard InChI is InChI=1S/C18H22ClN3O4/c1-9(2)15(18(25)26)21-16(23)10(3)20-17(24)14-8-11-7-12(19)5-6-13(11)22(14)4/h5-10,15H,1-4H3,(H,20,24)(H,21,23)(H,25,26)/p-1/t10-,15-/m0/s1. The van der Waals surface area contributed by atoms with Crippen molar-refractivity contribution in [1.82, 2.24) is 15.2 Å². The van der Waals surface area contributed by atoms with Gasteiger partial charge in [0.15, 0.2) is 0 Å². The first-order valence-corrected chi connectivity index (χ1v) is 8.56. The van der Waals surface area contributed by atoms with Crippen LogP contribution in [0.25, 0.3) is 10.9 Å². The van der Waals surface area contributed by atoms with Crippen LogP contribution in [0.15, 0.2) is 24.3 Å². The van der Waals surface area contributed by atoms with Gasteiger partial charge in [0.25, 0.3) is 5.91 Å². The Balaban J connectivity index is 2.12. The number of fused-ring (bicyclic) bond motifs is 1. The van der Waals surface area contributed by atoms with Crippen molar-refractivity contribution in [2.75, 3.05) is 0 Å². The fourth-order valence-electron chi connectivity index (χ4n) is 2.65. The Morgan fingerprint density at radius 3 is 2.35 bits per heavy atom. The molecule has 2 amide bonds. The lowest BCUT2D eigenvalue weighted by Gasteiger charge is -2.25. The van der Waals surface area contributed by atoms with Crippen LogP contribution >= 0.6 is 11.6 Å². The maximum atomic E-state index is 12.5. The molecule has 8 heteroatoms. The smallest absolute Gasteiger partial charge is 0.268 e. The second kappa shape index (κ2) is 7.78. The van der Waals surface area contributed by atoms with Gasteiger partial charge < -0.3 is 25.1 Å². The van der Waals surface area contributed by atoms with Crippen molar-refractivity contribution in [2.24, 2.45) is 13.0 Å². The zero-order chi connectivity index (χ0) is 19.6. The van der Waals surface area contributed by atoms with Crippen LogP contribution in [0, 0.1) is 5.92 Å². The maximum absolute atomic E-state index is 12.5. The lowest BCUT2D eigenvalue weighted by Crippen LogP contribution is -2.55. The van der Waals surface area contributed by atoms with Crippen molar-refractivity contribution in [3.8, 4) is 0 Å². The molecule has 1 heterocycles. The van der Waals surface area contributed by atoms with E-state index in [1.165, 1.54) is 6.92 Å². The third-order valence-corrected chi connectivity index (χ3v) is 4.43. The van der Waals surface area contributed by atoms with E-state index in [4.69, 9.17) is 11.6 Å². The number of carboxylic acid groups (broad SMARTS) is 1. The molecule has 0 fully saturated rings. The van der Waals surface area contributed by atoms with Crippen molar-refractivity contribution in [3.05, 3.63) is 35.0 Å². The van der Waals surface area contributed by atoms with E-state index in [0.29, 0.717) is 10.7 Å². The second-order valence-electron chi connectivity index (χ2n) is 6.54. The van der Waals surface area contributed by atoms with Crippen molar-refractivity contribution < 1.29 is 19.5 Å². The predicted octanol–water partition coefficient (Wildman–Crippen LogP) is 0.841. The van der Waals surface area contributed by atoms with E-state index in [0.717, 1.165) is 10.9 Å². The lowest BCUT2D eigenvalue weighted by atomic mass is 10.0. The van der Waals surface area contributed by atoms with Crippen LogP contribution in [-0.2, 0) is 16.6 Å². The van der Waals surface area contributed by atoms with Gasteiger partial charge in [-0.05, 0) is 37.1 Å². The van der Waals surface area contributed by atoms with Gasteiger partial charge in [-0.25, -0.2) is 0 Å². The minimum Gasteiger partial charge on any atom is -0.548 e. The van der Waals surface area contributed by atoms with E-state index in [1.54, 1.807) is 49.7 Å². The summed E-state index contributed by atoms with van der Waals surface area (Å²) < 4.78 is 1.70. The van der Waals surface area contributed by atoms with Gasteiger partial charge in [0.1, 0.15) is 11.7 Å². The molecule has 0 aliphatic heterocycles. The summed E-state index contributed by atoms with van der Waals surface area (Å²) in [6, 6.07) is 4.92. The number of hydrogen-bond acceptors (Lipinski definition) is 4. The topological polar surface area (TPSA) is 103 Å². The first-order valence-electron chi connectivity index (χ1n) is 8.19. The molecule has 0 spiro atoms. The summed E-state index contributed by atoms with van der Waals surface area (Å²) in [6.45, 7) is 4.80. The van der Waals surface area contributed by atoms with Gasteiger partial charge in [0.2, 0.25) is 5.91 Å². The Hall–Kier alpha value is -2.54. The highest BCUT2D eigenvalue weighted by atomic mass is 35.5. The van der Waals surface area contributed by atoms with E-state index in [-0.39, 0.29) is 5.92 Å². The molecule has 2 N–H and O–H groups in total. The fourth-order valence-corrected chi connectivity index (χ4v) is 2.83.